The van der Waals surface area contributed by atoms with Gasteiger partial charge in [0.1, 0.15) is 11.5 Å². The zero-order valence-corrected chi connectivity index (χ0v) is 22.4. The number of rotatable bonds is 3. The Bertz CT molecular complexity index is 1430. The van der Waals surface area contributed by atoms with Crippen molar-refractivity contribution >= 4 is 17.7 Å². The number of nitrogens with zero attached hydrogens (tertiary/aromatic N) is 1. The van der Waals surface area contributed by atoms with E-state index in [9.17, 15) is 18.8 Å². The molecule has 3 aromatic rings. The SMILES string of the molecule is CC(=O)NCCC(=O)N1CCc2cc3ccc2C1c1cccc(c1)OCCCNC(=O)Cc1ccc(F)c(c1)O3. The van der Waals surface area contributed by atoms with Gasteiger partial charge < -0.3 is 25.0 Å². The fraction of sp³-hybridized carbons (Fsp3) is 0.323. The summed E-state index contributed by atoms with van der Waals surface area (Å²) in [7, 11) is 0. The zero-order chi connectivity index (χ0) is 28.1. The van der Waals surface area contributed by atoms with Gasteiger partial charge in [-0.15, -0.1) is 0 Å². The average molecular weight is 546 g/mol. The van der Waals surface area contributed by atoms with Gasteiger partial charge in [-0.3, -0.25) is 14.4 Å². The molecule has 1 unspecified atom stereocenters. The molecule has 2 N–H and O–H groups in total. The van der Waals surface area contributed by atoms with Crippen LogP contribution in [0.15, 0.2) is 60.7 Å². The smallest absolute Gasteiger partial charge is 0.225 e. The van der Waals surface area contributed by atoms with Crippen LogP contribution in [0, 0.1) is 5.82 Å². The summed E-state index contributed by atoms with van der Waals surface area (Å²) in [6.07, 6.45) is 1.49. The predicted octanol–water partition coefficient (Wildman–Crippen LogP) is 4.06. The Hall–Kier alpha value is -4.40. The first-order chi connectivity index (χ1) is 19.4. The second kappa shape index (κ2) is 12.2. The van der Waals surface area contributed by atoms with Gasteiger partial charge >= 0.3 is 0 Å². The third kappa shape index (κ3) is 6.42. The second-order valence-electron chi connectivity index (χ2n) is 10.0. The molecule has 3 aromatic carbocycles. The van der Waals surface area contributed by atoms with Crippen molar-refractivity contribution < 1.29 is 28.2 Å². The number of ether oxygens (including phenoxy) is 2. The first-order valence-corrected chi connectivity index (χ1v) is 13.5. The standard InChI is InChI=1S/C31H32FN3O5/c1-20(36)33-13-10-30(38)35-14-11-22-18-25-7-8-26(22)31(35)23-4-2-5-24(19-23)39-15-3-12-34-29(37)17-21-6-9-27(32)28(16-21)40-25/h2,4-9,16,18-19,31H,3,10-15,17H2,1H3,(H,33,36)(H,34,37). The molecule has 3 aliphatic rings. The molecule has 6 rings (SSSR count). The van der Waals surface area contributed by atoms with Crippen molar-refractivity contribution in [3.63, 3.8) is 0 Å². The van der Waals surface area contributed by atoms with Gasteiger partial charge in [0.2, 0.25) is 17.7 Å². The summed E-state index contributed by atoms with van der Waals surface area (Å²) in [6, 6.07) is 17.3. The maximum atomic E-state index is 14.7. The van der Waals surface area contributed by atoms with E-state index in [0.29, 0.717) is 49.6 Å². The van der Waals surface area contributed by atoms with Crippen LogP contribution in [0.5, 0.6) is 17.2 Å². The van der Waals surface area contributed by atoms with E-state index in [-0.39, 0.29) is 48.9 Å². The highest BCUT2D eigenvalue weighted by atomic mass is 19.1. The molecule has 0 aliphatic carbocycles. The number of hydrogen-bond donors (Lipinski definition) is 2. The Morgan fingerprint density at radius 3 is 2.83 bits per heavy atom. The van der Waals surface area contributed by atoms with Crippen molar-refractivity contribution in [1.82, 2.24) is 15.5 Å². The Balaban J connectivity index is 1.52. The van der Waals surface area contributed by atoms with E-state index in [0.717, 1.165) is 16.7 Å². The van der Waals surface area contributed by atoms with Crippen molar-refractivity contribution in [2.45, 2.75) is 38.6 Å². The third-order valence-corrected chi connectivity index (χ3v) is 7.05. The summed E-state index contributed by atoms with van der Waals surface area (Å²) in [5, 5.41) is 5.57. The molecule has 3 heterocycles. The number of carbonyl (C=O) groups is 3. The Morgan fingerprint density at radius 2 is 1.98 bits per heavy atom. The van der Waals surface area contributed by atoms with Gasteiger partial charge in [-0.1, -0.05) is 24.3 Å². The van der Waals surface area contributed by atoms with Gasteiger partial charge in [0.15, 0.2) is 11.6 Å². The second-order valence-corrected chi connectivity index (χ2v) is 10.0. The van der Waals surface area contributed by atoms with Gasteiger partial charge in [0, 0.05) is 33.0 Å². The quantitative estimate of drug-likeness (QED) is 0.518. The summed E-state index contributed by atoms with van der Waals surface area (Å²) >= 11 is 0. The molecule has 208 valence electrons. The lowest BCUT2D eigenvalue weighted by Crippen LogP contribution is -2.41. The lowest BCUT2D eigenvalue weighted by atomic mass is 9.87. The molecule has 3 aliphatic heterocycles. The number of fused-ring (bicyclic) bond motifs is 7. The molecule has 3 amide bonds. The van der Waals surface area contributed by atoms with E-state index in [1.165, 1.54) is 13.0 Å². The minimum absolute atomic E-state index is 0.0476. The minimum atomic E-state index is -0.518. The van der Waals surface area contributed by atoms with E-state index in [1.54, 1.807) is 18.2 Å². The van der Waals surface area contributed by atoms with Crippen LogP contribution in [0.2, 0.25) is 0 Å². The van der Waals surface area contributed by atoms with E-state index in [1.807, 2.05) is 41.3 Å². The fourth-order valence-electron chi connectivity index (χ4n) is 5.16. The Labute approximate surface area is 232 Å². The summed E-state index contributed by atoms with van der Waals surface area (Å²) in [6.45, 7) is 3.01. The lowest BCUT2D eigenvalue weighted by Gasteiger charge is -2.38. The topological polar surface area (TPSA) is 97.0 Å². The number of hydrogen-bond acceptors (Lipinski definition) is 5. The molecule has 9 heteroatoms. The molecule has 0 fully saturated rings. The lowest BCUT2D eigenvalue weighted by molar-refractivity contribution is -0.133. The monoisotopic (exact) mass is 545 g/mol. The van der Waals surface area contributed by atoms with E-state index in [2.05, 4.69) is 10.6 Å². The van der Waals surface area contributed by atoms with Crippen LogP contribution < -0.4 is 20.1 Å². The van der Waals surface area contributed by atoms with Crippen molar-refractivity contribution in [2.75, 3.05) is 26.2 Å². The first kappa shape index (κ1) is 27.2. The van der Waals surface area contributed by atoms with E-state index >= 15 is 0 Å². The summed E-state index contributed by atoms with van der Waals surface area (Å²) < 4.78 is 26.6. The van der Waals surface area contributed by atoms with Crippen LogP contribution in [-0.4, -0.2) is 48.9 Å². The molecule has 1 atom stereocenters. The number of benzene rings is 3. The number of nitrogens with one attached hydrogen (secondary N) is 2. The number of amides is 3. The highest BCUT2D eigenvalue weighted by Gasteiger charge is 2.32. The van der Waals surface area contributed by atoms with E-state index in [4.69, 9.17) is 9.47 Å². The van der Waals surface area contributed by atoms with E-state index < -0.39 is 5.82 Å². The third-order valence-electron chi connectivity index (χ3n) is 7.05. The van der Waals surface area contributed by atoms with Crippen LogP contribution in [-0.2, 0) is 27.2 Å². The maximum Gasteiger partial charge on any atom is 0.225 e. The van der Waals surface area contributed by atoms with Gasteiger partial charge in [-0.05, 0) is 71.5 Å². The zero-order valence-electron chi connectivity index (χ0n) is 22.4. The number of halogens is 1. The molecule has 8 bridgehead atoms. The number of carbonyl (C=O) groups excluding carboxylic acids is 3. The minimum Gasteiger partial charge on any atom is -0.494 e. The van der Waals surface area contributed by atoms with Gasteiger partial charge in [0.05, 0.1) is 19.1 Å². The van der Waals surface area contributed by atoms with Crippen molar-refractivity contribution in [1.29, 1.82) is 0 Å². The van der Waals surface area contributed by atoms with Crippen molar-refractivity contribution in [2.24, 2.45) is 0 Å². The molecular weight excluding hydrogens is 513 g/mol. The van der Waals surface area contributed by atoms with Crippen LogP contribution in [0.1, 0.15) is 48.1 Å². The average Bonchev–Trinajstić information content (AvgIpc) is 2.93. The molecule has 0 aromatic heterocycles. The Kier molecular flexibility index (Phi) is 8.28. The first-order valence-electron chi connectivity index (χ1n) is 13.5. The maximum absolute atomic E-state index is 14.7. The summed E-state index contributed by atoms with van der Waals surface area (Å²) in [5.74, 6) is 0.263. The molecule has 0 saturated carbocycles. The molecule has 8 nitrogen and oxygen atoms in total. The molecule has 40 heavy (non-hydrogen) atoms. The van der Waals surface area contributed by atoms with Crippen molar-refractivity contribution in [3.8, 4) is 17.2 Å². The molecule has 0 spiro atoms. The van der Waals surface area contributed by atoms with Crippen LogP contribution in [0.3, 0.4) is 0 Å². The highest BCUT2D eigenvalue weighted by molar-refractivity contribution is 5.80. The van der Waals surface area contributed by atoms with Crippen LogP contribution >= 0.6 is 0 Å². The van der Waals surface area contributed by atoms with Gasteiger partial charge in [-0.2, -0.15) is 0 Å². The van der Waals surface area contributed by atoms with Gasteiger partial charge in [-0.25, -0.2) is 4.39 Å². The molecule has 0 saturated heterocycles. The van der Waals surface area contributed by atoms with Crippen molar-refractivity contribution in [3.05, 3.63) is 88.7 Å². The Morgan fingerprint density at radius 1 is 1.10 bits per heavy atom. The summed E-state index contributed by atoms with van der Waals surface area (Å²) in [4.78, 5) is 38.9. The molecular formula is C31H32FN3O5. The van der Waals surface area contributed by atoms with Crippen LogP contribution in [0.4, 0.5) is 4.39 Å². The molecule has 0 radical (unpaired) electrons. The van der Waals surface area contributed by atoms with Gasteiger partial charge in [0.25, 0.3) is 0 Å². The summed E-state index contributed by atoms with van der Waals surface area (Å²) in [5.41, 5.74) is 3.48. The largest absolute Gasteiger partial charge is 0.494 e. The van der Waals surface area contributed by atoms with Crippen LogP contribution in [0.25, 0.3) is 0 Å². The highest BCUT2D eigenvalue weighted by Crippen LogP contribution is 2.39. The predicted molar refractivity (Wildman–Crippen MR) is 147 cm³/mol. The fourth-order valence-corrected chi connectivity index (χ4v) is 5.16. The normalized spacial score (nSPS) is 16.9.